The molecule has 0 unspecified atom stereocenters. The first kappa shape index (κ1) is 20.0. The van der Waals surface area contributed by atoms with Crippen molar-refractivity contribution in [3.8, 4) is 5.69 Å². The van der Waals surface area contributed by atoms with Crippen LogP contribution in [0.25, 0.3) is 5.69 Å². The molecule has 0 spiro atoms. The molecule has 0 bridgehead atoms. The van der Waals surface area contributed by atoms with Crippen LogP contribution in [0.5, 0.6) is 0 Å². The van der Waals surface area contributed by atoms with Gasteiger partial charge >= 0.3 is 0 Å². The summed E-state index contributed by atoms with van der Waals surface area (Å²) in [5, 5.41) is 12.0. The molecule has 0 aliphatic rings. The Kier molecular flexibility index (Phi) is 6.41. The van der Waals surface area contributed by atoms with Crippen molar-refractivity contribution < 1.29 is 4.79 Å². The van der Waals surface area contributed by atoms with E-state index in [1.807, 2.05) is 50.2 Å². The van der Waals surface area contributed by atoms with E-state index in [1.54, 1.807) is 4.68 Å². The number of aromatic nitrogens is 5. The summed E-state index contributed by atoms with van der Waals surface area (Å²) in [4.78, 5) is 21.6. The number of amides is 1. The first-order valence-electron chi connectivity index (χ1n) is 9.17. The van der Waals surface area contributed by atoms with Crippen molar-refractivity contribution >= 4 is 17.7 Å². The van der Waals surface area contributed by atoms with Crippen molar-refractivity contribution in [3.05, 3.63) is 59.2 Å². The van der Waals surface area contributed by atoms with Crippen LogP contribution >= 0.6 is 11.8 Å². The molecule has 0 saturated carbocycles. The van der Waals surface area contributed by atoms with Crippen LogP contribution in [0.15, 0.2) is 41.6 Å². The summed E-state index contributed by atoms with van der Waals surface area (Å²) in [5.74, 6) is 0.623. The molecule has 0 atom stereocenters. The zero-order chi connectivity index (χ0) is 20.1. The Bertz CT molecular complexity index is 934. The van der Waals surface area contributed by atoms with Gasteiger partial charge in [-0.05, 0) is 38.0 Å². The van der Waals surface area contributed by atoms with E-state index >= 15 is 0 Å². The van der Waals surface area contributed by atoms with Crippen molar-refractivity contribution in [2.45, 2.75) is 38.6 Å². The van der Waals surface area contributed by atoms with Gasteiger partial charge < -0.3 is 5.32 Å². The molecule has 2 heterocycles. The number of hydrogen-bond donors (Lipinski definition) is 1. The Labute approximate surface area is 169 Å². The fourth-order valence-electron chi connectivity index (χ4n) is 2.66. The van der Waals surface area contributed by atoms with Gasteiger partial charge in [0.05, 0.1) is 11.4 Å². The highest BCUT2D eigenvalue weighted by molar-refractivity contribution is 7.98. The number of aryl methyl sites for hydroxylation is 2. The molecular formula is C20H24N6OS. The van der Waals surface area contributed by atoms with E-state index in [0.717, 1.165) is 22.8 Å². The van der Waals surface area contributed by atoms with Gasteiger partial charge in [-0.15, -0.1) is 5.10 Å². The molecule has 1 amide bonds. The maximum Gasteiger partial charge on any atom is 0.273 e. The molecule has 1 N–H and O–H groups in total. The van der Waals surface area contributed by atoms with Crippen LogP contribution in [0.1, 0.15) is 41.4 Å². The Morgan fingerprint density at radius 1 is 1.14 bits per heavy atom. The minimum absolute atomic E-state index is 0.215. The third-order valence-corrected chi connectivity index (χ3v) is 4.81. The Morgan fingerprint density at radius 2 is 1.82 bits per heavy atom. The second-order valence-electron chi connectivity index (χ2n) is 6.96. The third-order valence-electron chi connectivity index (χ3n) is 3.95. The minimum atomic E-state index is -0.215. The molecular weight excluding hydrogens is 372 g/mol. The lowest BCUT2D eigenvalue weighted by Gasteiger charge is -2.09. The highest BCUT2D eigenvalue weighted by atomic mass is 32.2. The number of para-hydroxylation sites is 1. The molecule has 0 fully saturated rings. The van der Waals surface area contributed by atoms with Crippen molar-refractivity contribution in [2.75, 3.05) is 6.54 Å². The Balaban J connectivity index is 1.91. The average Bonchev–Trinajstić information content (AvgIpc) is 3.08. The molecule has 7 nitrogen and oxygen atoms in total. The van der Waals surface area contributed by atoms with Crippen LogP contribution in [0, 0.1) is 19.8 Å². The molecule has 0 aliphatic heterocycles. The summed E-state index contributed by atoms with van der Waals surface area (Å²) in [6, 6.07) is 11.6. The average molecular weight is 397 g/mol. The smallest absolute Gasteiger partial charge is 0.273 e. The number of nitrogens with zero attached hydrogens (tertiary/aromatic N) is 5. The number of hydrogen-bond acceptors (Lipinski definition) is 6. The quantitative estimate of drug-likeness (QED) is 0.487. The standard InChI is InChI=1S/C20H24N6OS/c1-13(2)11-21-19(27)18-17(12-28-20-22-14(3)10-15(4)23-20)26(25-24-18)16-8-6-5-7-9-16/h5-10,13H,11-12H2,1-4H3,(H,21,27). The van der Waals surface area contributed by atoms with Crippen molar-refractivity contribution in [1.29, 1.82) is 0 Å². The van der Waals surface area contributed by atoms with Crippen LogP contribution in [0.2, 0.25) is 0 Å². The Morgan fingerprint density at radius 3 is 2.46 bits per heavy atom. The van der Waals surface area contributed by atoms with Crippen LogP contribution < -0.4 is 5.32 Å². The summed E-state index contributed by atoms with van der Waals surface area (Å²) >= 11 is 1.47. The molecule has 8 heteroatoms. The maximum absolute atomic E-state index is 12.7. The monoisotopic (exact) mass is 396 g/mol. The Hall–Kier alpha value is -2.74. The number of carbonyl (C=O) groups excluding carboxylic acids is 1. The number of rotatable bonds is 7. The van der Waals surface area contributed by atoms with Gasteiger partial charge in [0.1, 0.15) is 0 Å². The van der Waals surface area contributed by atoms with Gasteiger partial charge in [0.2, 0.25) is 0 Å². The molecule has 2 aromatic heterocycles. The molecule has 0 saturated heterocycles. The van der Waals surface area contributed by atoms with E-state index in [-0.39, 0.29) is 5.91 Å². The molecule has 28 heavy (non-hydrogen) atoms. The van der Waals surface area contributed by atoms with Crippen molar-refractivity contribution in [1.82, 2.24) is 30.3 Å². The highest BCUT2D eigenvalue weighted by Crippen LogP contribution is 2.23. The lowest BCUT2D eigenvalue weighted by Crippen LogP contribution is -2.28. The fourth-order valence-corrected chi connectivity index (χ4v) is 3.60. The molecule has 3 aromatic rings. The fraction of sp³-hybridized carbons (Fsp3) is 0.350. The molecule has 3 rings (SSSR count). The lowest BCUT2D eigenvalue weighted by atomic mass is 10.2. The van der Waals surface area contributed by atoms with E-state index in [0.29, 0.717) is 29.1 Å². The predicted octanol–water partition coefficient (Wildman–Crippen LogP) is 3.35. The van der Waals surface area contributed by atoms with E-state index < -0.39 is 0 Å². The molecule has 0 radical (unpaired) electrons. The van der Waals surface area contributed by atoms with Gasteiger partial charge in [-0.25, -0.2) is 14.6 Å². The van der Waals surface area contributed by atoms with Crippen LogP contribution in [0.3, 0.4) is 0 Å². The summed E-state index contributed by atoms with van der Waals surface area (Å²) in [6.07, 6.45) is 0. The summed E-state index contributed by atoms with van der Waals surface area (Å²) in [6.45, 7) is 8.58. The van der Waals surface area contributed by atoms with E-state index in [1.165, 1.54) is 11.8 Å². The first-order valence-corrected chi connectivity index (χ1v) is 10.2. The van der Waals surface area contributed by atoms with Crippen molar-refractivity contribution in [3.63, 3.8) is 0 Å². The highest BCUT2D eigenvalue weighted by Gasteiger charge is 2.21. The number of nitrogens with one attached hydrogen (secondary N) is 1. The van der Waals surface area contributed by atoms with Crippen molar-refractivity contribution in [2.24, 2.45) is 5.92 Å². The zero-order valence-corrected chi connectivity index (χ0v) is 17.3. The van der Waals surface area contributed by atoms with E-state index in [4.69, 9.17) is 0 Å². The second-order valence-corrected chi connectivity index (χ2v) is 7.90. The normalized spacial score (nSPS) is 11.0. The minimum Gasteiger partial charge on any atom is -0.350 e. The third kappa shape index (κ3) is 4.95. The van der Waals surface area contributed by atoms with Gasteiger partial charge in [0, 0.05) is 23.7 Å². The van der Waals surface area contributed by atoms with E-state index in [9.17, 15) is 4.79 Å². The maximum atomic E-state index is 12.7. The van der Waals surface area contributed by atoms with Gasteiger partial charge in [-0.1, -0.05) is 49.0 Å². The van der Waals surface area contributed by atoms with Crippen LogP contribution in [-0.4, -0.2) is 37.4 Å². The molecule has 0 aliphatic carbocycles. The van der Waals surface area contributed by atoms with Gasteiger partial charge in [0.15, 0.2) is 10.9 Å². The SMILES string of the molecule is Cc1cc(C)nc(SCc2c(C(=O)NCC(C)C)nnn2-c2ccccc2)n1. The largest absolute Gasteiger partial charge is 0.350 e. The van der Waals surface area contributed by atoms with Gasteiger partial charge in [-0.2, -0.15) is 0 Å². The summed E-state index contributed by atoms with van der Waals surface area (Å²) in [5.41, 5.74) is 3.75. The number of benzene rings is 1. The second kappa shape index (κ2) is 8.97. The zero-order valence-electron chi connectivity index (χ0n) is 16.5. The molecule has 146 valence electrons. The summed E-state index contributed by atoms with van der Waals surface area (Å²) in [7, 11) is 0. The lowest BCUT2D eigenvalue weighted by molar-refractivity contribution is 0.0943. The number of thioether (sulfide) groups is 1. The molecule has 1 aromatic carbocycles. The first-order chi connectivity index (χ1) is 13.4. The van der Waals surface area contributed by atoms with E-state index in [2.05, 4.69) is 39.4 Å². The topological polar surface area (TPSA) is 85.6 Å². The predicted molar refractivity (Wildman–Crippen MR) is 110 cm³/mol. The van der Waals surface area contributed by atoms with Crippen LogP contribution in [-0.2, 0) is 5.75 Å². The van der Waals surface area contributed by atoms with Gasteiger partial charge in [-0.3, -0.25) is 4.79 Å². The summed E-state index contributed by atoms with van der Waals surface area (Å²) < 4.78 is 1.71. The van der Waals surface area contributed by atoms with Gasteiger partial charge in [0.25, 0.3) is 5.91 Å². The number of carbonyl (C=O) groups is 1. The van der Waals surface area contributed by atoms with Crippen LogP contribution in [0.4, 0.5) is 0 Å².